The summed E-state index contributed by atoms with van der Waals surface area (Å²) in [7, 11) is 0. The van der Waals surface area contributed by atoms with Crippen LogP contribution in [0.2, 0.25) is 0 Å². The zero-order valence-electron chi connectivity index (χ0n) is 20.4. The summed E-state index contributed by atoms with van der Waals surface area (Å²) < 4.78 is 0. The van der Waals surface area contributed by atoms with E-state index in [4.69, 9.17) is 0 Å². The van der Waals surface area contributed by atoms with Crippen molar-refractivity contribution in [3.63, 3.8) is 0 Å². The van der Waals surface area contributed by atoms with E-state index in [1.807, 2.05) is 0 Å². The number of rotatable bonds is 0. The minimum absolute atomic E-state index is 0. The summed E-state index contributed by atoms with van der Waals surface area (Å²) >= 11 is 0. The zero-order chi connectivity index (χ0) is 20.6. The fourth-order valence-corrected chi connectivity index (χ4v) is 2.32. The predicted octanol–water partition coefficient (Wildman–Crippen LogP) is 0.825. The van der Waals surface area contributed by atoms with Crippen LogP contribution in [0.25, 0.3) is 0 Å². The standard InChI is InChI=1S/2C12H20N.2ClH.Zr/c2*1-11(2,3)9-7-8-10(13-9)12(4,5)6;;;/h2*7,13H,1-6H3;2*1H;/q2*-1;;;+4/p-2. The van der Waals surface area contributed by atoms with Gasteiger partial charge in [-0.05, 0) is 10.8 Å². The van der Waals surface area contributed by atoms with E-state index in [0.29, 0.717) is 0 Å². The van der Waals surface area contributed by atoms with Crippen molar-refractivity contribution < 1.29 is 51.0 Å². The molecule has 29 heavy (non-hydrogen) atoms. The van der Waals surface area contributed by atoms with E-state index in [2.05, 4.69) is 117 Å². The summed E-state index contributed by atoms with van der Waals surface area (Å²) in [5.41, 5.74) is 5.64. The summed E-state index contributed by atoms with van der Waals surface area (Å²) in [6.07, 6.45) is 0. The molecule has 0 unspecified atom stereocenters. The molecule has 0 bridgehead atoms. The Morgan fingerprint density at radius 3 is 0.862 bits per heavy atom. The molecule has 0 aliphatic rings. The zero-order valence-corrected chi connectivity index (χ0v) is 24.4. The van der Waals surface area contributed by atoms with Gasteiger partial charge in [-0.15, -0.1) is 11.4 Å². The summed E-state index contributed by atoms with van der Waals surface area (Å²) in [5.74, 6) is 0. The Balaban J connectivity index is -0.000000422. The van der Waals surface area contributed by atoms with Gasteiger partial charge in [0.15, 0.2) is 0 Å². The van der Waals surface area contributed by atoms with Gasteiger partial charge < -0.3 is 34.8 Å². The number of aromatic amines is 2. The molecule has 2 aromatic rings. The van der Waals surface area contributed by atoms with E-state index >= 15 is 0 Å². The van der Waals surface area contributed by atoms with Crippen LogP contribution in [0.4, 0.5) is 0 Å². The van der Waals surface area contributed by atoms with Crippen molar-refractivity contribution in [2.75, 3.05) is 0 Å². The van der Waals surface area contributed by atoms with Crippen LogP contribution in [-0.2, 0) is 47.9 Å². The average molecular weight is 519 g/mol. The van der Waals surface area contributed by atoms with Crippen molar-refractivity contribution in [2.45, 2.75) is 105 Å². The van der Waals surface area contributed by atoms with Gasteiger partial charge >= 0.3 is 26.2 Å². The maximum atomic E-state index is 3.44. The van der Waals surface area contributed by atoms with E-state index in [0.717, 1.165) is 0 Å². The molecule has 2 heterocycles. The van der Waals surface area contributed by atoms with Gasteiger partial charge in [-0.2, -0.15) is 0 Å². The molecule has 0 aromatic carbocycles. The minimum atomic E-state index is 0. The topological polar surface area (TPSA) is 31.6 Å². The fraction of sp³-hybridized carbons (Fsp3) is 0.667. The van der Waals surface area contributed by atoms with Crippen LogP contribution in [0.3, 0.4) is 0 Å². The third-order valence-corrected chi connectivity index (χ3v) is 4.36. The molecule has 5 heteroatoms. The number of hydrogen-bond acceptors (Lipinski definition) is 0. The minimum Gasteiger partial charge on any atom is -1.00 e. The number of halogens is 2. The third-order valence-electron chi connectivity index (χ3n) is 4.36. The second-order valence-electron chi connectivity index (χ2n) is 11.4. The van der Waals surface area contributed by atoms with Crippen LogP contribution in [0, 0.1) is 12.1 Å². The molecule has 0 radical (unpaired) electrons. The van der Waals surface area contributed by atoms with Crippen LogP contribution in [-0.4, -0.2) is 9.97 Å². The van der Waals surface area contributed by atoms with Crippen molar-refractivity contribution in [1.29, 1.82) is 0 Å². The maximum Gasteiger partial charge on any atom is 4.00 e. The Bertz CT molecular complexity index is 584. The summed E-state index contributed by atoms with van der Waals surface area (Å²) in [6, 6.07) is 10.7. The van der Waals surface area contributed by atoms with Crippen LogP contribution >= 0.6 is 0 Å². The summed E-state index contributed by atoms with van der Waals surface area (Å²) in [6.45, 7) is 26.4. The van der Waals surface area contributed by atoms with Gasteiger partial charge in [0.1, 0.15) is 0 Å². The van der Waals surface area contributed by atoms with Gasteiger partial charge in [0.05, 0.1) is 0 Å². The second kappa shape index (κ2) is 11.6. The molecule has 0 fully saturated rings. The monoisotopic (exact) mass is 516 g/mol. The summed E-state index contributed by atoms with van der Waals surface area (Å²) in [4.78, 5) is 6.88. The van der Waals surface area contributed by atoms with Crippen LogP contribution in [0.1, 0.15) is 106 Å². The Labute approximate surface area is 211 Å². The first-order valence-corrected chi connectivity index (χ1v) is 9.65. The normalized spacial score (nSPS) is 12.0. The molecule has 2 aromatic heterocycles. The number of nitrogens with one attached hydrogen (secondary N) is 2. The second-order valence-corrected chi connectivity index (χ2v) is 11.4. The van der Waals surface area contributed by atoms with Gasteiger partial charge in [-0.1, -0.05) is 105 Å². The van der Waals surface area contributed by atoms with E-state index in [1.54, 1.807) is 0 Å². The fourth-order valence-electron chi connectivity index (χ4n) is 2.32. The molecular formula is C24H40Cl2N2Zr. The van der Waals surface area contributed by atoms with Gasteiger partial charge in [0.2, 0.25) is 0 Å². The Morgan fingerprint density at radius 1 is 0.517 bits per heavy atom. The molecule has 164 valence electrons. The van der Waals surface area contributed by atoms with E-state index in [-0.39, 0.29) is 72.7 Å². The Morgan fingerprint density at radius 2 is 0.759 bits per heavy atom. The van der Waals surface area contributed by atoms with Crippen LogP contribution in [0.5, 0.6) is 0 Å². The van der Waals surface area contributed by atoms with E-state index in [1.165, 1.54) is 22.8 Å². The van der Waals surface area contributed by atoms with Crippen molar-refractivity contribution in [2.24, 2.45) is 0 Å². The average Bonchev–Trinajstić information content (AvgIpc) is 3.06. The third kappa shape index (κ3) is 10.7. The Hall–Kier alpha value is 0.0231. The first-order chi connectivity index (χ1) is 11.4. The maximum absolute atomic E-state index is 3.44. The van der Waals surface area contributed by atoms with Crippen molar-refractivity contribution in [3.05, 3.63) is 47.0 Å². The smallest absolute Gasteiger partial charge is 1.00 e. The van der Waals surface area contributed by atoms with Crippen molar-refractivity contribution >= 4 is 0 Å². The van der Waals surface area contributed by atoms with Crippen molar-refractivity contribution in [3.8, 4) is 0 Å². The van der Waals surface area contributed by atoms with Crippen LogP contribution in [0.15, 0.2) is 12.1 Å². The predicted molar refractivity (Wildman–Crippen MR) is 114 cm³/mol. The van der Waals surface area contributed by atoms with Gasteiger partial charge in [-0.3, -0.25) is 0 Å². The van der Waals surface area contributed by atoms with E-state index < -0.39 is 0 Å². The van der Waals surface area contributed by atoms with Crippen molar-refractivity contribution in [1.82, 2.24) is 9.97 Å². The molecule has 0 spiro atoms. The van der Waals surface area contributed by atoms with Gasteiger partial charge in [0, 0.05) is 0 Å². The molecular weight excluding hydrogens is 478 g/mol. The molecule has 2 rings (SSSR count). The molecule has 0 saturated carbocycles. The Kier molecular flexibility index (Phi) is 13.4. The molecule has 2 N–H and O–H groups in total. The number of H-pyrrole nitrogens is 2. The quantitative estimate of drug-likeness (QED) is 0.485. The molecule has 0 aliphatic carbocycles. The molecule has 0 aliphatic heterocycles. The summed E-state index contributed by atoms with van der Waals surface area (Å²) in [5, 5.41) is 0. The molecule has 0 atom stereocenters. The number of aromatic nitrogens is 2. The van der Waals surface area contributed by atoms with E-state index in [9.17, 15) is 0 Å². The molecule has 2 nitrogen and oxygen atoms in total. The largest absolute Gasteiger partial charge is 4.00 e. The van der Waals surface area contributed by atoms with Crippen LogP contribution < -0.4 is 24.8 Å². The van der Waals surface area contributed by atoms with Gasteiger partial charge in [0.25, 0.3) is 0 Å². The van der Waals surface area contributed by atoms with Gasteiger partial charge in [-0.25, -0.2) is 24.3 Å². The molecule has 0 saturated heterocycles. The first-order valence-electron chi connectivity index (χ1n) is 9.65. The SMILES string of the molecule is CC(C)(C)c1[c-]cc(C(C)(C)C)[nH]1.CC(C)(C)c1[c-]cc(C(C)(C)C)[nH]1.[Cl-].[Cl-].[Zr+4]. The molecule has 0 amide bonds. The first kappa shape index (κ1) is 33.7. The number of hydrogen-bond donors (Lipinski definition) is 2.